The normalized spacial score (nSPS) is 11.0. The molecule has 1 aromatic rings. The van der Waals surface area contributed by atoms with Gasteiger partial charge in [0.1, 0.15) is 5.75 Å². The topological polar surface area (TPSA) is 41.6 Å². The number of benzene rings is 1. The minimum Gasteiger partial charge on any atom is -0.482 e. The van der Waals surface area contributed by atoms with Gasteiger partial charge in [-0.2, -0.15) is 13.2 Å². The zero-order chi connectivity index (χ0) is 17.5. The summed E-state index contributed by atoms with van der Waals surface area (Å²) in [6, 6.07) is 6.20. The van der Waals surface area contributed by atoms with E-state index in [1.165, 1.54) is 6.07 Å². The van der Waals surface area contributed by atoms with Crippen molar-refractivity contribution in [3.8, 4) is 5.75 Å². The first-order valence-corrected chi connectivity index (χ1v) is 7.17. The SMILES string of the molecule is C=C(C)CN(CC)C(=O)CNc1ccccc1OCC(F)(F)F. The van der Waals surface area contributed by atoms with Gasteiger partial charge in [0, 0.05) is 13.1 Å². The molecule has 0 fully saturated rings. The lowest BCUT2D eigenvalue weighted by atomic mass is 10.2. The van der Waals surface area contributed by atoms with Crippen molar-refractivity contribution in [1.29, 1.82) is 0 Å². The second kappa shape index (κ2) is 8.45. The first kappa shape index (κ1) is 18.9. The van der Waals surface area contributed by atoms with Crippen molar-refractivity contribution in [2.45, 2.75) is 20.0 Å². The molecule has 7 heteroatoms. The predicted octanol–water partition coefficient (Wildman–Crippen LogP) is 3.46. The lowest BCUT2D eigenvalue weighted by Gasteiger charge is -2.22. The number of hydrogen-bond donors (Lipinski definition) is 1. The van der Waals surface area contributed by atoms with Crippen LogP contribution >= 0.6 is 0 Å². The molecule has 0 aliphatic carbocycles. The van der Waals surface area contributed by atoms with Gasteiger partial charge in [-0.1, -0.05) is 24.3 Å². The summed E-state index contributed by atoms with van der Waals surface area (Å²) in [4.78, 5) is 13.7. The second-order valence-corrected chi connectivity index (χ2v) is 5.12. The number of amides is 1. The smallest absolute Gasteiger partial charge is 0.422 e. The average molecular weight is 330 g/mol. The number of carbonyl (C=O) groups is 1. The number of likely N-dealkylation sites (N-methyl/N-ethyl adjacent to an activating group) is 1. The maximum atomic E-state index is 12.2. The van der Waals surface area contributed by atoms with E-state index in [2.05, 4.69) is 11.9 Å². The number of ether oxygens (including phenoxy) is 1. The highest BCUT2D eigenvalue weighted by Crippen LogP contribution is 2.26. The minimum atomic E-state index is -4.41. The van der Waals surface area contributed by atoms with E-state index in [0.29, 0.717) is 18.8 Å². The Morgan fingerprint density at radius 2 is 2.00 bits per heavy atom. The van der Waals surface area contributed by atoms with Gasteiger partial charge in [0.2, 0.25) is 5.91 Å². The van der Waals surface area contributed by atoms with Crippen molar-refractivity contribution < 1.29 is 22.7 Å². The van der Waals surface area contributed by atoms with Crippen molar-refractivity contribution >= 4 is 11.6 Å². The third-order valence-corrected chi connectivity index (χ3v) is 2.90. The van der Waals surface area contributed by atoms with E-state index >= 15 is 0 Å². The molecule has 0 radical (unpaired) electrons. The highest BCUT2D eigenvalue weighted by atomic mass is 19.4. The van der Waals surface area contributed by atoms with Gasteiger partial charge in [-0.3, -0.25) is 4.79 Å². The van der Waals surface area contributed by atoms with Crippen molar-refractivity contribution in [3.63, 3.8) is 0 Å². The van der Waals surface area contributed by atoms with Crippen molar-refractivity contribution in [3.05, 3.63) is 36.4 Å². The van der Waals surface area contributed by atoms with Crippen LogP contribution in [-0.2, 0) is 4.79 Å². The van der Waals surface area contributed by atoms with Crippen LogP contribution in [0.3, 0.4) is 0 Å². The van der Waals surface area contributed by atoms with E-state index in [4.69, 9.17) is 4.74 Å². The molecule has 0 aliphatic heterocycles. The van der Waals surface area contributed by atoms with E-state index in [9.17, 15) is 18.0 Å². The molecule has 0 bridgehead atoms. The molecule has 1 aromatic carbocycles. The Labute approximate surface area is 133 Å². The molecular formula is C16H21F3N2O2. The van der Waals surface area contributed by atoms with Gasteiger partial charge in [-0.25, -0.2) is 0 Å². The quantitative estimate of drug-likeness (QED) is 0.742. The van der Waals surface area contributed by atoms with E-state index in [-0.39, 0.29) is 18.2 Å². The van der Waals surface area contributed by atoms with Crippen LogP contribution in [0.5, 0.6) is 5.75 Å². The summed E-state index contributed by atoms with van der Waals surface area (Å²) in [6.07, 6.45) is -4.41. The van der Waals surface area contributed by atoms with Crippen LogP contribution in [0.15, 0.2) is 36.4 Å². The Morgan fingerprint density at radius 1 is 1.35 bits per heavy atom. The van der Waals surface area contributed by atoms with Crippen LogP contribution < -0.4 is 10.1 Å². The Morgan fingerprint density at radius 3 is 2.57 bits per heavy atom. The zero-order valence-corrected chi connectivity index (χ0v) is 13.2. The van der Waals surface area contributed by atoms with Crippen LogP contribution in [0.25, 0.3) is 0 Å². The van der Waals surface area contributed by atoms with Gasteiger partial charge >= 0.3 is 6.18 Å². The largest absolute Gasteiger partial charge is 0.482 e. The fourth-order valence-corrected chi connectivity index (χ4v) is 1.88. The van der Waals surface area contributed by atoms with E-state index in [0.717, 1.165) is 5.57 Å². The summed E-state index contributed by atoms with van der Waals surface area (Å²) in [5.41, 5.74) is 1.20. The summed E-state index contributed by atoms with van der Waals surface area (Å²) >= 11 is 0. The fraction of sp³-hybridized carbons (Fsp3) is 0.438. The molecule has 0 saturated carbocycles. The van der Waals surface area contributed by atoms with Gasteiger partial charge < -0.3 is 15.0 Å². The number of anilines is 1. The summed E-state index contributed by atoms with van der Waals surface area (Å²) in [7, 11) is 0. The predicted molar refractivity (Wildman–Crippen MR) is 83.5 cm³/mol. The van der Waals surface area contributed by atoms with Gasteiger partial charge in [0.25, 0.3) is 0 Å². The molecular weight excluding hydrogens is 309 g/mol. The number of nitrogens with one attached hydrogen (secondary N) is 1. The van der Waals surface area contributed by atoms with Crippen LogP contribution in [0.4, 0.5) is 18.9 Å². The van der Waals surface area contributed by atoms with Crippen LogP contribution in [0.1, 0.15) is 13.8 Å². The number of carbonyl (C=O) groups excluding carboxylic acids is 1. The third-order valence-electron chi connectivity index (χ3n) is 2.90. The number of nitrogens with zero attached hydrogens (tertiary/aromatic N) is 1. The van der Waals surface area contributed by atoms with Crippen molar-refractivity contribution in [2.24, 2.45) is 0 Å². The first-order chi connectivity index (χ1) is 10.7. The van der Waals surface area contributed by atoms with Gasteiger partial charge in [-0.05, 0) is 26.0 Å². The van der Waals surface area contributed by atoms with Crippen LogP contribution in [-0.4, -0.2) is 43.2 Å². The molecule has 0 aliphatic rings. The standard InChI is InChI=1S/C16H21F3N2O2/c1-4-21(10-12(2)3)15(22)9-20-13-7-5-6-8-14(13)23-11-16(17,18)19/h5-8,20H,2,4,9-11H2,1,3H3. The van der Waals surface area contributed by atoms with Crippen LogP contribution in [0.2, 0.25) is 0 Å². The Kier molecular flexibility index (Phi) is 6.93. The molecule has 0 aromatic heterocycles. The Hall–Kier alpha value is -2.18. The van der Waals surface area contributed by atoms with Crippen molar-refractivity contribution in [1.82, 2.24) is 4.90 Å². The van der Waals surface area contributed by atoms with Gasteiger partial charge in [0.05, 0.1) is 12.2 Å². The summed E-state index contributed by atoms with van der Waals surface area (Å²) in [5.74, 6) is -0.110. The Balaban J connectivity index is 2.66. The van der Waals surface area contributed by atoms with Crippen molar-refractivity contribution in [2.75, 3.05) is 31.6 Å². The monoisotopic (exact) mass is 330 g/mol. The first-order valence-electron chi connectivity index (χ1n) is 7.17. The molecule has 128 valence electrons. The minimum absolute atomic E-state index is 0.0342. The molecule has 0 spiro atoms. The number of halogens is 3. The second-order valence-electron chi connectivity index (χ2n) is 5.12. The molecule has 0 atom stereocenters. The molecule has 1 N–H and O–H groups in total. The lowest BCUT2D eigenvalue weighted by molar-refractivity contribution is -0.153. The maximum absolute atomic E-state index is 12.2. The van der Waals surface area contributed by atoms with Gasteiger partial charge in [-0.15, -0.1) is 0 Å². The average Bonchev–Trinajstić information content (AvgIpc) is 2.48. The summed E-state index contributed by atoms with van der Waals surface area (Å²) in [6.45, 7) is 7.00. The summed E-state index contributed by atoms with van der Waals surface area (Å²) in [5, 5.41) is 2.82. The number of rotatable bonds is 8. The third kappa shape index (κ3) is 7.08. The molecule has 0 saturated heterocycles. The van der Waals surface area contributed by atoms with Gasteiger partial charge in [0.15, 0.2) is 6.61 Å². The maximum Gasteiger partial charge on any atom is 0.422 e. The molecule has 23 heavy (non-hydrogen) atoms. The van der Waals surface area contributed by atoms with E-state index < -0.39 is 12.8 Å². The number of para-hydroxylation sites is 2. The number of alkyl halides is 3. The fourth-order valence-electron chi connectivity index (χ4n) is 1.88. The van der Waals surface area contributed by atoms with E-state index in [1.807, 2.05) is 13.8 Å². The summed E-state index contributed by atoms with van der Waals surface area (Å²) < 4.78 is 41.5. The van der Waals surface area contributed by atoms with Crippen LogP contribution in [0, 0.1) is 0 Å². The molecule has 1 rings (SSSR count). The number of hydrogen-bond acceptors (Lipinski definition) is 3. The zero-order valence-electron chi connectivity index (χ0n) is 13.2. The van der Waals surface area contributed by atoms with E-state index in [1.54, 1.807) is 23.1 Å². The highest BCUT2D eigenvalue weighted by molar-refractivity contribution is 5.81. The molecule has 1 amide bonds. The Bertz CT molecular complexity index is 544. The molecule has 0 unspecified atom stereocenters. The lowest BCUT2D eigenvalue weighted by Crippen LogP contribution is -2.36. The molecule has 0 heterocycles. The molecule has 4 nitrogen and oxygen atoms in total. The highest BCUT2D eigenvalue weighted by Gasteiger charge is 2.28.